The summed E-state index contributed by atoms with van der Waals surface area (Å²) in [6.45, 7) is 4.93. The summed E-state index contributed by atoms with van der Waals surface area (Å²) in [5, 5.41) is 5.53. The van der Waals surface area contributed by atoms with E-state index in [4.69, 9.17) is 4.74 Å². The van der Waals surface area contributed by atoms with Gasteiger partial charge in [0, 0.05) is 37.5 Å². The minimum atomic E-state index is 0.396. The molecule has 0 radical (unpaired) electrons. The van der Waals surface area contributed by atoms with Gasteiger partial charge >= 0.3 is 0 Å². The number of ether oxygens (including phenoxy) is 1. The van der Waals surface area contributed by atoms with Crippen LogP contribution in [-0.4, -0.2) is 28.6 Å². The van der Waals surface area contributed by atoms with Crippen molar-refractivity contribution in [3.8, 4) is 0 Å². The van der Waals surface area contributed by atoms with Crippen LogP contribution >= 0.6 is 11.3 Å². The van der Waals surface area contributed by atoms with Crippen molar-refractivity contribution in [1.82, 2.24) is 14.7 Å². The highest BCUT2D eigenvalue weighted by Gasteiger charge is 2.23. The van der Waals surface area contributed by atoms with E-state index in [1.807, 2.05) is 6.20 Å². The van der Waals surface area contributed by atoms with E-state index in [9.17, 15) is 0 Å². The van der Waals surface area contributed by atoms with E-state index in [0.29, 0.717) is 12.0 Å². The molecule has 3 heterocycles. The van der Waals surface area contributed by atoms with Gasteiger partial charge in [-0.25, -0.2) is 4.98 Å². The lowest BCUT2D eigenvalue weighted by Gasteiger charge is -2.13. The van der Waals surface area contributed by atoms with Crippen molar-refractivity contribution in [3.63, 3.8) is 0 Å². The molecule has 2 atom stereocenters. The molecule has 2 unspecified atom stereocenters. The van der Waals surface area contributed by atoms with Gasteiger partial charge in [-0.3, -0.25) is 4.40 Å². The predicted octanol–water partition coefficient (Wildman–Crippen LogP) is 1.91. The zero-order valence-electron chi connectivity index (χ0n) is 9.93. The van der Waals surface area contributed by atoms with Gasteiger partial charge in [-0.2, -0.15) is 0 Å². The molecule has 2 aromatic rings. The average molecular weight is 251 g/mol. The molecule has 0 aliphatic carbocycles. The Balaban J connectivity index is 1.52. The van der Waals surface area contributed by atoms with Crippen LogP contribution in [0, 0.1) is 5.92 Å². The number of hydrogen-bond donors (Lipinski definition) is 1. The number of hydrogen-bond acceptors (Lipinski definition) is 4. The van der Waals surface area contributed by atoms with Gasteiger partial charge in [-0.15, -0.1) is 11.3 Å². The zero-order valence-corrected chi connectivity index (χ0v) is 10.7. The molecule has 1 aliphatic rings. The van der Waals surface area contributed by atoms with Crippen molar-refractivity contribution in [2.24, 2.45) is 5.92 Å². The van der Waals surface area contributed by atoms with Crippen LogP contribution in [0.1, 0.15) is 19.0 Å². The minimum Gasteiger partial charge on any atom is -0.378 e. The molecule has 1 aliphatic heterocycles. The first-order chi connectivity index (χ1) is 8.33. The maximum atomic E-state index is 5.55. The lowest BCUT2D eigenvalue weighted by molar-refractivity contribution is 0.105. The maximum Gasteiger partial charge on any atom is 0.193 e. The van der Waals surface area contributed by atoms with Crippen LogP contribution in [0.5, 0.6) is 0 Å². The summed E-state index contributed by atoms with van der Waals surface area (Å²) in [5.74, 6) is 0.652. The molecule has 5 heteroatoms. The second kappa shape index (κ2) is 4.76. The van der Waals surface area contributed by atoms with Gasteiger partial charge in [0.25, 0.3) is 0 Å². The highest BCUT2D eigenvalue weighted by molar-refractivity contribution is 7.15. The molecule has 1 N–H and O–H groups in total. The fourth-order valence-electron chi connectivity index (χ4n) is 2.29. The van der Waals surface area contributed by atoms with Gasteiger partial charge in [-0.05, 0) is 19.3 Å². The highest BCUT2D eigenvalue weighted by Crippen LogP contribution is 2.19. The van der Waals surface area contributed by atoms with Gasteiger partial charge in [0.2, 0.25) is 0 Å². The number of nitrogens with zero attached hydrogens (tertiary/aromatic N) is 2. The van der Waals surface area contributed by atoms with E-state index >= 15 is 0 Å². The summed E-state index contributed by atoms with van der Waals surface area (Å²) in [4.78, 5) is 5.61. The SMILES string of the molecule is CC1OCCC1CNCc1cn2ccsc2n1. The van der Waals surface area contributed by atoms with E-state index < -0.39 is 0 Å². The molecule has 0 amide bonds. The Hall–Kier alpha value is -0.910. The maximum absolute atomic E-state index is 5.55. The minimum absolute atomic E-state index is 0.396. The van der Waals surface area contributed by atoms with Crippen LogP contribution in [0.4, 0.5) is 0 Å². The predicted molar refractivity (Wildman–Crippen MR) is 68.3 cm³/mol. The van der Waals surface area contributed by atoms with Crippen molar-refractivity contribution >= 4 is 16.3 Å². The molecular weight excluding hydrogens is 234 g/mol. The molecule has 0 saturated carbocycles. The number of rotatable bonds is 4. The molecule has 4 nitrogen and oxygen atoms in total. The fraction of sp³-hybridized carbons (Fsp3) is 0.583. The van der Waals surface area contributed by atoms with E-state index in [-0.39, 0.29) is 0 Å². The number of nitrogens with one attached hydrogen (secondary N) is 1. The van der Waals surface area contributed by atoms with Crippen molar-refractivity contribution in [1.29, 1.82) is 0 Å². The largest absolute Gasteiger partial charge is 0.378 e. The van der Waals surface area contributed by atoms with Gasteiger partial charge in [0.05, 0.1) is 11.8 Å². The summed E-state index contributed by atoms with van der Waals surface area (Å²) in [6, 6.07) is 0. The second-order valence-electron chi connectivity index (χ2n) is 4.58. The summed E-state index contributed by atoms with van der Waals surface area (Å²) in [7, 11) is 0. The molecule has 0 spiro atoms. The van der Waals surface area contributed by atoms with Crippen LogP contribution in [-0.2, 0) is 11.3 Å². The van der Waals surface area contributed by atoms with E-state index in [1.165, 1.54) is 6.42 Å². The number of aromatic nitrogens is 2. The lowest BCUT2D eigenvalue weighted by atomic mass is 10.0. The van der Waals surface area contributed by atoms with E-state index in [1.54, 1.807) is 11.3 Å². The third kappa shape index (κ3) is 2.36. The summed E-state index contributed by atoms with van der Waals surface area (Å²) in [6.07, 6.45) is 5.71. The Morgan fingerprint density at radius 3 is 3.35 bits per heavy atom. The monoisotopic (exact) mass is 251 g/mol. The van der Waals surface area contributed by atoms with Crippen LogP contribution < -0.4 is 5.32 Å². The van der Waals surface area contributed by atoms with Crippen molar-refractivity contribution in [2.75, 3.05) is 13.2 Å². The highest BCUT2D eigenvalue weighted by atomic mass is 32.1. The number of fused-ring (bicyclic) bond motifs is 1. The Kier molecular flexibility index (Phi) is 3.13. The van der Waals surface area contributed by atoms with E-state index in [2.05, 4.69) is 33.2 Å². The normalized spacial score (nSPS) is 24.8. The smallest absolute Gasteiger partial charge is 0.193 e. The molecule has 17 heavy (non-hydrogen) atoms. The first-order valence-electron chi connectivity index (χ1n) is 6.06. The lowest BCUT2D eigenvalue weighted by Crippen LogP contribution is -2.26. The average Bonchev–Trinajstić information content (AvgIpc) is 2.95. The topological polar surface area (TPSA) is 38.6 Å². The fourth-order valence-corrected chi connectivity index (χ4v) is 3.01. The van der Waals surface area contributed by atoms with E-state index in [0.717, 1.165) is 30.4 Å². The number of imidazole rings is 1. The number of thiazole rings is 1. The molecule has 2 aromatic heterocycles. The Morgan fingerprint density at radius 1 is 1.65 bits per heavy atom. The summed E-state index contributed by atoms with van der Waals surface area (Å²) < 4.78 is 7.62. The first-order valence-corrected chi connectivity index (χ1v) is 6.94. The third-order valence-electron chi connectivity index (χ3n) is 3.39. The Bertz CT molecular complexity index is 464. The molecule has 92 valence electrons. The molecule has 1 fully saturated rings. The van der Waals surface area contributed by atoms with Crippen molar-refractivity contribution in [2.45, 2.75) is 26.0 Å². The molecule has 0 aromatic carbocycles. The van der Waals surface area contributed by atoms with Crippen LogP contribution in [0.15, 0.2) is 17.8 Å². The second-order valence-corrected chi connectivity index (χ2v) is 5.45. The van der Waals surface area contributed by atoms with Gasteiger partial charge < -0.3 is 10.1 Å². The Morgan fingerprint density at radius 2 is 2.59 bits per heavy atom. The third-order valence-corrected chi connectivity index (χ3v) is 4.16. The van der Waals surface area contributed by atoms with Crippen LogP contribution in [0.2, 0.25) is 0 Å². The van der Waals surface area contributed by atoms with Gasteiger partial charge in [-0.1, -0.05) is 0 Å². The Labute approximate surface area is 105 Å². The van der Waals surface area contributed by atoms with Gasteiger partial charge in [0.15, 0.2) is 4.96 Å². The summed E-state index contributed by atoms with van der Waals surface area (Å²) in [5.41, 5.74) is 1.11. The zero-order chi connectivity index (χ0) is 11.7. The standard InChI is InChI=1S/C12H17N3OS/c1-9-10(2-4-16-9)6-13-7-11-8-15-3-5-17-12(15)14-11/h3,5,8-10,13H,2,4,6-7H2,1H3. The summed E-state index contributed by atoms with van der Waals surface area (Å²) >= 11 is 1.67. The van der Waals surface area contributed by atoms with Crippen molar-refractivity contribution in [3.05, 3.63) is 23.5 Å². The van der Waals surface area contributed by atoms with Crippen molar-refractivity contribution < 1.29 is 4.74 Å². The van der Waals surface area contributed by atoms with Gasteiger partial charge in [0.1, 0.15) is 0 Å². The molecule has 1 saturated heterocycles. The molecule has 0 bridgehead atoms. The quantitative estimate of drug-likeness (QED) is 0.902. The van der Waals surface area contributed by atoms with Crippen LogP contribution in [0.25, 0.3) is 4.96 Å². The first kappa shape index (κ1) is 11.2. The molecule has 3 rings (SSSR count). The van der Waals surface area contributed by atoms with Crippen LogP contribution in [0.3, 0.4) is 0 Å². The molecular formula is C12H17N3OS.